The van der Waals surface area contributed by atoms with E-state index in [0.717, 1.165) is 24.9 Å². The first-order valence-corrected chi connectivity index (χ1v) is 9.77. The molecule has 2 aromatic rings. The van der Waals surface area contributed by atoms with Crippen molar-refractivity contribution in [2.24, 2.45) is 0 Å². The molecule has 1 N–H and O–H groups in total. The van der Waals surface area contributed by atoms with Gasteiger partial charge in [-0.05, 0) is 42.2 Å². The zero-order chi connectivity index (χ0) is 16.8. The Hall–Kier alpha value is -1.82. The lowest BCUT2D eigenvalue weighted by atomic mass is 9.94. The van der Waals surface area contributed by atoms with Gasteiger partial charge in [0.05, 0.1) is 6.20 Å². The third-order valence-electron chi connectivity index (χ3n) is 4.66. The van der Waals surface area contributed by atoms with E-state index < -0.39 is 0 Å². The molecule has 1 aliphatic carbocycles. The summed E-state index contributed by atoms with van der Waals surface area (Å²) in [4.78, 5) is 14.8. The van der Waals surface area contributed by atoms with Crippen molar-refractivity contribution in [3.8, 4) is 0 Å². The van der Waals surface area contributed by atoms with Gasteiger partial charge in [0.15, 0.2) is 0 Å². The summed E-state index contributed by atoms with van der Waals surface area (Å²) in [6.45, 7) is 4.14. The molecule has 0 unspecified atom stereocenters. The standard InChI is InChI=1S/C18H26N4OS/c1-2-21-12-16(11-20-21)10-19-18(23)22(13-15-8-9-24-14-15)17-6-4-3-5-7-17/h8-9,11-12,14,17H,2-7,10,13H2,1H3,(H,19,23). The Morgan fingerprint density at radius 1 is 1.38 bits per heavy atom. The van der Waals surface area contributed by atoms with Crippen molar-refractivity contribution in [1.82, 2.24) is 20.0 Å². The Bertz CT molecular complexity index is 631. The lowest BCUT2D eigenvalue weighted by molar-refractivity contribution is 0.150. The minimum absolute atomic E-state index is 0.0392. The number of thiophene rings is 1. The number of hydrogen-bond donors (Lipinski definition) is 1. The molecule has 2 aromatic heterocycles. The van der Waals surface area contributed by atoms with Crippen LogP contribution in [0.3, 0.4) is 0 Å². The first-order chi connectivity index (χ1) is 11.8. The summed E-state index contributed by atoms with van der Waals surface area (Å²) < 4.78 is 1.88. The van der Waals surface area contributed by atoms with Crippen LogP contribution in [0.2, 0.25) is 0 Å². The molecule has 0 spiro atoms. The summed E-state index contributed by atoms with van der Waals surface area (Å²) in [5.74, 6) is 0. The highest BCUT2D eigenvalue weighted by Crippen LogP contribution is 2.24. The molecule has 0 radical (unpaired) electrons. The van der Waals surface area contributed by atoms with E-state index in [2.05, 4.69) is 34.2 Å². The fourth-order valence-corrected chi connectivity index (χ4v) is 3.95. The highest BCUT2D eigenvalue weighted by Gasteiger charge is 2.25. The number of amides is 2. The van der Waals surface area contributed by atoms with Crippen LogP contribution in [0.5, 0.6) is 0 Å². The van der Waals surface area contributed by atoms with Gasteiger partial charge in [-0.15, -0.1) is 0 Å². The highest BCUT2D eigenvalue weighted by atomic mass is 32.1. The molecular formula is C18H26N4OS. The number of aromatic nitrogens is 2. The largest absolute Gasteiger partial charge is 0.334 e. The quantitative estimate of drug-likeness (QED) is 0.859. The second-order valence-electron chi connectivity index (χ2n) is 6.41. The van der Waals surface area contributed by atoms with E-state index in [1.165, 1.54) is 24.8 Å². The van der Waals surface area contributed by atoms with Crippen LogP contribution in [-0.2, 0) is 19.6 Å². The van der Waals surface area contributed by atoms with Gasteiger partial charge in [-0.2, -0.15) is 16.4 Å². The molecule has 0 bridgehead atoms. The number of nitrogens with one attached hydrogen (secondary N) is 1. The van der Waals surface area contributed by atoms with Crippen molar-refractivity contribution < 1.29 is 4.79 Å². The van der Waals surface area contributed by atoms with Crippen LogP contribution < -0.4 is 5.32 Å². The van der Waals surface area contributed by atoms with E-state index in [4.69, 9.17) is 0 Å². The van der Waals surface area contributed by atoms with E-state index in [1.54, 1.807) is 11.3 Å². The summed E-state index contributed by atoms with van der Waals surface area (Å²) in [5.41, 5.74) is 2.27. The topological polar surface area (TPSA) is 50.2 Å². The molecule has 1 aliphatic rings. The smallest absolute Gasteiger partial charge is 0.318 e. The second kappa shape index (κ2) is 8.33. The van der Waals surface area contributed by atoms with Gasteiger partial charge < -0.3 is 10.2 Å². The number of carbonyl (C=O) groups is 1. The summed E-state index contributed by atoms with van der Waals surface area (Å²) in [6.07, 6.45) is 9.79. The van der Waals surface area contributed by atoms with Crippen molar-refractivity contribution in [2.45, 2.75) is 64.7 Å². The molecule has 0 aliphatic heterocycles. The molecule has 0 aromatic carbocycles. The number of aryl methyl sites for hydroxylation is 1. The maximum atomic E-state index is 12.8. The molecule has 0 atom stereocenters. The van der Waals surface area contributed by atoms with Gasteiger partial charge in [0.25, 0.3) is 0 Å². The van der Waals surface area contributed by atoms with Crippen LogP contribution >= 0.6 is 11.3 Å². The Morgan fingerprint density at radius 2 is 2.21 bits per heavy atom. The first-order valence-electron chi connectivity index (χ1n) is 8.83. The molecule has 2 heterocycles. The van der Waals surface area contributed by atoms with E-state index in [1.807, 2.05) is 22.0 Å². The summed E-state index contributed by atoms with van der Waals surface area (Å²) in [7, 11) is 0. The molecule has 5 nitrogen and oxygen atoms in total. The van der Waals surface area contributed by atoms with Gasteiger partial charge in [0.2, 0.25) is 0 Å². The van der Waals surface area contributed by atoms with Gasteiger partial charge in [-0.3, -0.25) is 4.68 Å². The maximum Gasteiger partial charge on any atom is 0.318 e. The lowest BCUT2D eigenvalue weighted by Crippen LogP contribution is -2.46. The predicted octanol–water partition coefficient (Wildman–Crippen LogP) is 4.01. The Morgan fingerprint density at radius 3 is 2.88 bits per heavy atom. The van der Waals surface area contributed by atoms with Crippen molar-refractivity contribution in [3.05, 3.63) is 40.3 Å². The molecule has 3 rings (SSSR count). The Balaban J connectivity index is 1.63. The van der Waals surface area contributed by atoms with E-state index in [-0.39, 0.29) is 6.03 Å². The zero-order valence-electron chi connectivity index (χ0n) is 14.3. The molecule has 2 amide bonds. The maximum absolute atomic E-state index is 12.8. The Labute approximate surface area is 147 Å². The number of hydrogen-bond acceptors (Lipinski definition) is 3. The summed E-state index contributed by atoms with van der Waals surface area (Å²) in [5, 5.41) is 11.6. The van der Waals surface area contributed by atoms with E-state index in [0.29, 0.717) is 19.1 Å². The molecular weight excluding hydrogens is 320 g/mol. The minimum Gasteiger partial charge on any atom is -0.334 e. The van der Waals surface area contributed by atoms with Crippen molar-refractivity contribution in [3.63, 3.8) is 0 Å². The molecule has 1 fully saturated rings. The van der Waals surface area contributed by atoms with Crippen molar-refractivity contribution in [2.75, 3.05) is 0 Å². The van der Waals surface area contributed by atoms with Gasteiger partial charge in [0, 0.05) is 37.4 Å². The van der Waals surface area contributed by atoms with Crippen LogP contribution in [0.1, 0.15) is 50.2 Å². The molecule has 130 valence electrons. The minimum atomic E-state index is 0.0392. The second-order valence-corrected chi connectivity index (χ2v) is 7.19. The van der Waals surface area contributed by atoms with Crippen LogP contribution in [0.25, 0.3) is 0 Å². The van der Waals surface area contributed by atoms with E-state index >= 15 is 0 Å². The zero-order valence-corrected chi connectivity index (χ0v) is 15.1. The van der Waals surface area contributed by atoms with E-state index in [9.17, 15) is 4.79 Å². The third-order valence-corrected chi connectivity index (χ3v) is 5.40. The first kappa shape index (κ1) is 17.0. The fourth-order valence-electron chi connectivity index (χ4n) is 3.29. The third kappa shape index (κ3) is 4.38. The van der Waals surface area contributed by atoms with Crippen molar-refractivity contribution >= 4 is 17.4 Å². The predicted molar refractivity (Wildman–Crippen MR) is 96.9 cm³/mol. The normalized spacial score (nSPS) is 15.4. The number of nitrogens with zero attached hydrogens (tertiary/aromatic N) is 3. The molecule has 0 saturated heterocycles. The van der Waals surface area contributed by atoms with Crippen LogP contribution in [0.15, 0.2) is 29.2 Å². The van der Waals surface area contributed by atoms with Crippen LogP contribution in [0.4, 0.5) is 4.79 Å². The lowest BCUT2D eigenvalue weighted by Gasteiger charge is -2.34. The SMILES string of the molecule is CCn1cc(CNC(=O)N(Cc2ccsc2)C2CCCCC2)cn1. The van der Waals surface area contributed by atoms with Crippen LogP contribution in [0, 0.1) is 0 Å². The molecule has 1 saturated carbocycles. The van der Waals surface area contributed by atoms with Gasteiger partial charge >= 0.3 is 6.03 Å². The number of urea groups is 1. The average Bonchev–Trinajstić information content (AvgIpc) is 3.30. The van der Waals surface area contributed by atoms with Crippen molar-refractivity contribution in [1.29, 1.82) is 0 Å². The molecule has 24 heavy (non-hydrogen) atoms. The number of rotatable bonds is 6. The summed E-state index contributed by atoms with van der Waals surface area (Å²) in [6, 6.07) is 2.51. The fraction of sp³-hybridized carbons (Fsp3) is 0.556. The Kier molecular flexibility index (Phi) is 5.91. The average molecular weight is 347 g/mol. The number of carbonyl (C=O) groups excluding carboxylic acids is 1. The molecule has 6 heteroatoms. The van der Waals surface area contributed by atoms with Gasteiger partial charge in [0.1, 0.15) is 0 Å². The van der Waals surface area contributed by atoms with Crippen LogP contribution in [-0.4, -0.2) is 26.8 Å². The van der Waals surface area contributed by atoms with Gasteiger partial charge in [-0.1, -0.05) is 19.3 Å². The monoisotopic (exact) mass is 346 g/mol. The summed E-state index contributed by atoms with van der Waals surface area (Å²) >= 11 is 1.69. The highest BCUT2D eigenvalue weighted by molar-refractivity contribution is 7.07. The van der Waals surface area contributed by atoms with Gasteiger partial charge in [-0.25, -0.2) is 4.79 Å².